The Morgan fingerprint density at radius 2 is 1.81 bits per heavy atom. The summed E-state index contributed by atoms with van der Waals surface area (Å²) >= 11 is 0. The number of rotatable bonds is 7. The van der Waals surface area contributed by atoms with Crippen LogP contribution >= 0.6 is 0 Å². The number of hydrogen-bond donors (Lipinski definition) is 1. The van der Waals surface area contributed by atoms with Crippen molar-refractivity contribution in [3.05, 3.63) is 101 Å². The number of nitrogens with zero attached hydrogens (tertiary/aromatic N) is 1. The summed E-state index contributed by atoms with van der Waals surface area (Å²) < 4.78 is 11.5. The summed E-state index contributed by atoms with van der Waals surface area (Å²) in [5.74, 6) is -0.00147. The number of carbonyl (C=O) groups excluding carboxylic acids is 2. The molecule has 0 spiro atoms. The number of ether oxygens (including phenoxy) is 2. The number of fused-ring (bicyclic) bond motifs is 1. The lowest BCUT2D eigenvalue weighted by Gasteiger charge is -2.25. The number of Topliss-reactive ketones (excluding diaryl/α,β-unsaturated/α-hetero) is 1. The summed E-state index contributed by atoms with van der Waals surface area (Å²) in [5, 5.41) is 11.4. The van der Waals surface area contributed by atoms with Crippen LogP contribution in [0.1, 0.15) is 48.6 Å². The van der Waals surface area contributed by atoms with Gasteiger partial charge in [0, 0.05) is 18.5 Å². The largest absolute Gasteiger partial charge is 0.507 e. The molecule has 1 amide bonds. The van der Waals surface area contributed by atoms with Crippen molar-refractivity contribution in [3.63, 3.8) is 0 Å². The van der Waals surface area contributed by atoms with Crippen LogP contribution in [-0.4, -0.2) is 34.4 Å². The van der Waals surface area contributed by atoms with Crippen LogP contribution in [0, 0.1) is 0 Å². The fourth-order valence-electron chi connectivity index (χ4n) is 4.86. The average Bonchev–Trinajstić information content (AvgIpc) is 3.39. The normalized spacial score (nSPS) is 20.3. The lowest BCUT2D eigenvalue weighted by Crippen LogP contribution is -2.29. The Balaban J connectivity index is 1.58. The Labute approximate surface area is 210 Å². The van der Waals surface area contributed by atoms with Crippen LogP contribution in [0.5, 0.6) is 11.5 Å². The summed E-state index contributed by atoms with van der Waals surface area (Å²) in [6, 6.07) is 21.6. The number of aliphatic hydroxyl groups excluding tert-OH is 1. The topological polar surface area (TPSA) is 76.1 Å². The highest BCUT2D eigenvalue weighted by atomic mass is 16.5. The van der Waals surface area contributed by atoms with E-state index in [4.69, 9.17) is 9.47 Å². The molecule has 6 heteroatoms. The number of benzene rings is 3. The average molecular weight is 484 g/mol. The second-order valence-electron chi connectivity index (χ2n) is 9.29. The number of carbonyl (C=O) groups is 2. The minimum atomic E-state index is -0.728. The van der Waals surface area contributed by atoms with E-state index in [9.17, 15) is 14.7 Å². The van der Waals surface area contributed by atoms with Crippen LogP contribution < -0.4 is 9.47 Å². The lowest BCUT2D eigenvalue weighted by molar-refractivity contribution is -0.140. The van der Waals surface area contributed by atoms with Gasteiger partial charge in [0.1, 0.15) is 23.4 Å². The zero-order valence-corrected chi connectivity index (χ0v) is 20.4. The van der Waals surface area contributed by atoms with Crippen molar-refractivity contribution >= 4 is 17.4 Å². The summed E-state index contributed by atoms with van der Waals surface area (Å²) in [4.78, 5) is 28.1. The Morgan fingerprint density at radius 1 is 1.06 bits per heavy atom. The molecular formula is C30H29NO5. The van der Waals surface area contributed by atoms with E-state index < -0.39 is 17.7 Å². The Morgan fingerprint density at radius 3 is 2.53 bits per heavy atom. The first-order chi connectivity index (χ1) is 17.5. The molecule has 0 aliphatic carbocycles. The van der Waals surface area contributed by atoms with Gasteiger partial charge in [-0.05, 0) is 60.4 Å². The first-order valence-corrected chi connectivity index (χ1v) is 12.3. The minimum absolute atomic E-state index is 0.0577. The Kier molecular flexibility index (Phi) is 6.51. The lowest BCUT2D eigenvalue weighted by atomic mass is 9.94. The quantitative estimate of drug-likeness (QED) is 0.276. The minimum Gasteiger partial charge on any atom is -0.507 e. The molecule has 1 fully saturated rings. The molecule has 5 rings (SSSR count). The molecule has 6 nitrogen and oxygen atoms in total. The van der Waals surface area contributed by atoms with Crippen molar-refractivity contribution in [3.8, 4) is 11.5 Å². The van der Waals surface area contributed by atoms with E-state index >= 15 is 0 Å². The van der Waals surface area contributed by atoms with Gasteiger partial charge in [-0.15, -0.1) is 0 Å². The molecule has 0 bridgehead atoms. The fraction of sp³-hybridized carbons (Fsp3) is 0.267. The fourth-order valence-corrected chi connectivity index (χ4v) is 4.86. The Bertz CT molecular complexity index is 1310. The van der Waals surface area contributed by atoms with Crippen LogP contribution in [-0.2, 0) is 22.6 Å². The van der Waals surface area contributed by atoms with Gasteiger partial charge in [0.15, 0.2) is 0 Å². The van der Waals surface area contributed by atoms with Gasteiger partial charge in [-0.3, -0.25) is 9.59 Å². The zero-order valence-electron chi connectivity index (χ0n) is 20.4. The van der Waals surface area contributed by atoms with Crippen molar-refractivity contribution in [1.29, 1.82) is 0 Å². The van der Waals surface area contributed by atoms with E-state index in [0.29, 0.717) is 17.9 Å². The number of aliphatic hydroxyl groups is 1. The van der Waals surface area contributed by atoms with Crippen molar-refractivity contribution in [2.75, 3.05) is 6.61 Å². The maximum absolute atomic E-state index is 13.3. The van der Waals surface area contributed by atoms with E-state index in [0.717, 1.165) is 35.3 Å². The molecule has 3 aromatic carbocycles. The van der Waals surface area contributed by atoms with Gasteiger partial charge in [0.25, 0.3) is 11.7 Å². The van der Waals surface area contributed by atoms with Gasteiger partial charge in [-0.2, -0.15) is 0 Å². The molecule has 2 atom stereocenters. The second kappa shape index (κ2) is 9.90. The summed E-state index contributed by atoms with van der Waals surface area (Å²) in [6.45, 7) is 4.88. The summed E-state index contributed by atoms with van der Waals surface area (Å²) in [7, 11) is 0. The smallest absolute Gasteiger partial charge is 0.295 e. The third-order valence-corrected chi connectivity index (χ3v) is 6.57. The van der Waals surface area contributed by atoms with E-state index in [2.05, 4.69) is 0 Å². The van der Waals surface area contributed by atoms with Gasteiger partial charge >= 0.3 is 0 Å². The van der Waals surface area contributed by atoms with Gasteiger partial charge < -0.3 is 19.5 Å². The SMILES string of the molecule is CCCOc1ccc([C@@H]2/C(=C(\O)c3ccc4c(c3)C[C@@H](C)O4)C(=O)C(=O)N2Cc2ccccc2)cc1. The predicted octanol–water partition coefficient (Wildman–Crippen LogP) is 5.42. The van der Waals surface area contributed by atoms with Gasteiger partial charge in [0.05, 0.1) is 18.2 Å². The highest BCUT2D eigenvalue weighted by Crippen LogP contribution is 2.41. The van der Waals surface area contributed by atoms with Crippen LogP contribution in [0.4, 0.5) is 0 Å². The molecule has 1 N–H and O–H groups in total. The standard InChI is InChI=1S/C30H29NO5/c1-3-15-35-24-12-9-21(10-13-24)27-26(28(32)22-11-14-25-23(17-22)16-19(2)36-25)29(33)30(34)31(27)18-20-7-5-4-6-8-20/h4-14,17,19,27,32H,3,15-16,18H2,1-2H3/b28-26+/t19-,27-/m1/s1. The van der Waals surface area contributed by atoms with Crippen LogP contribution in [0.3, 0.4) is 0 Å². The Hall–Kier alpha value is -4.06. The molecule has 2 heterocycles. The van der Waals surface area contributed by atoms with Crippen LogP contribution in [0.15, 0.2) is 78.4 Å². The molecule has 184 valence electrons. The van der Waals surface area contributed by atoms with Gasteiger partial charge in [-0.1, -0.05) is 49.4 Å². The molecule has 0 unspecified atom stereocenters. The van der Waals surface area contributed by atoms with Crippen molar-refractivity contribution in [2.24, 2.45) is 0 Å². The number of likely N-dealkylation sites (tertiary alicyclic amines) is 1. The number of hydrogen-bond acceptors (Lipinski definition) is 5. The van der Waals surface area contributed by atoms with E-state index in [1.807, 2.05) is 80.6 Å². The van der Waals surface area contributed by atoms with Crippen LogP contribution in [0.2, 0.25) is 0 Å². The maximum atomic E-state index is 13.3. The molecule has 36 heavy (non-hydrogen) atoms. The summed E-state index contributed by atoms with van der Waals surface area (Å²) in [6.07, 6.45) is 1.67. The molecule has 0 aromatic heterocycles. The summed E-state index contributed by atoms with van der Waals surface area (Å²) in [5.41, 5.74) is 3.19. The molecular weight excluding hydrogens is 454 g/mol. The predicted molar refractivity (Wildman–Crippen MR) is 137 cm³/mol. The van der Waals surface area contributed by atoms with Crippen LogP contribution in [0.25, 0.3) is 5.76 Å². The van der Waals surface area contributed by atoms with E-state index in [1.54, 1.807) is 6.07 Å². The molecule has 0 radical (unpaired) electrons. The molecule has 2 aliphatic rings. The highest BCUT2D eigenvalue weighted by molar-refractivity contribution is 6.46. The zero-order chi connectivity index (χ0) is 25.2. The maximum Gasteiger partial charge on any atom is 0.295 e. The van der Waals surface area contributed by atoms with Gasteiger partial charge in [0.2, 0.25) is 0 Å². The first kappa shape index (κ1) is 23.7. The third-order valence-electron chi connectivity index (χ3n) is 6.57. The highest BCUT2D eigenvalue weighted by Gasteiger charge is 2.46. The molecule has 0 saturated carbocycles. The first-order valence-electron chi connectivity index (χ1n) is 12.3. The van der Waals surface area contributed by atoms with Crippen molar-refractivity contribution < 1.29 is 24.2 Å². The third kappa shape index (κ3) is 4.47. The monoisotopic (exact) mass is 483 g/mol. The molecule has 3 aromatic rings. The number of ketones is 1. The van der Waals surface area contributed by atoms with Crippen molar-refractivity contribution in [2.45, 2.75) is 45.4 Å². The second-order valence-corrected chi connectivity index (χ2v) is 9.29. The molecule has 1 saturated heterocycles. The van der Waals surface area contributed by atoms with E-state index in [-0.39, 0.29) is 24.0 Å². The number of amides is 1. The van der Waals surface area contributed by atoms with Crippen molar-refractivity contribution in [1.82, 2.24) is 4.90 Å². The van der Waals surface area contributed by atoms with Gasteiger partial charge in [-0.25, -0.2) is 0 Å². The molecule has 2 aliphatic heterocycles. The van der Waals surface area contributed by atoms with E-state index in [1.165, 1.54) is 4.90 Å².